The number of aromatic amines is 1. The molecule has 0 saturated heterocycles. The van der Waals surface area contributed by atoms with Crippen LogP contribution in [0.4, 0.5) is 0 Å². The first kappa shape index (κ1) is 19.3. The zero-order chi connectivity index (χ0) is 20.4. The zero-order valence-electron chi connectivity index (χ0n) is 15.0. The molecule has 29 heavy (non-hydrogen) atoms. The SMILES string of the molecule is O=C(C=Cc1ccc(Br)cn1)c1c(-c2ccccc2)c2cc(Cl)ccc2[nH]c1=O. The van der Waals surface area contributed by atoms with Gasteiger partial charge in [0.2, 0.25) is 0 Å². The summed E-state index contributed by atoms with van der Waals surface area (Å²) in [6, 6.07) is 18.1. The molecule has 0 radical (unpaired) electrons. The molecule has 0 spiro atoms. The van der Waals surface area contributed by atoms with E-state index in [2.05, 4.69) is 25.9 Å². The molecule has 0 atom stereocenters. The van der Waals surface area contributed by atoms with Gasteiger partial charge in [0.05, 0.1) is 11.3 Å². The van der Waals surface area contributed by atoms with Gasteiger partial charge in [-0.25, -0.2) is 0 Å². The quantitative estimate of drug-likeness (QED) is 0.301. The van der Waals surface area contributed by atoms with Crippen molar-refractivity contribution in [3.8, 4) is 11.1 Å². The second kappa shape index (κ2) is 8.15. The van der Waals surface area contributed by atoms with E-state index in [-0.39, 0.29) is 5.56 Å². The number of hydrogen-bond donors (Lipinski definition) is 1. The van der Waals surface area contributed by atoms with E-state index in [1.165, 1.54) is 6.08 Å². The van der Waals surface area contributed by atoms with Crippen molar-refractivity contribution in [1.82, 2.24) is 9.97 Å². The molecule has 142 valence electrons. The van der Waals surface area contributed by atoms with Crippen LogP contribution in [0, 0.1) is 0 Å². The summed E-state index contributed by atoms with van der Waals surface area (Å²) in [4.78, 5) is 32.9. The number of pyridine rings is 2. The average molecular weight is 466 g/mol. The fraction of sp³-hybridized carbons (Fsp3) is 0. The van der Waals surface area contributed by atoms with E-state index in [9.17, 15) is 9.59 Å². The van der Waals surface area contributed by atoms with Gasteiger partial charge in [-0.15, -0.1) is 0 Å². The molecule has 0 aliphatic carbocycles. The normalized spacial score (nSPS) is 11.2. The summed E-state index contributed by atoms with van der Waals surface area (Å²) < 4.78 is 0.843. The Bertz CT molecular complexity index is 1300. The Morgan fingerprint density at radius 1 is 1.07 bits per heavy atom. The highest BCUT2D eigenvalue weighted by Gasteiger charge is 2.19. The van der Waals surface area contributed by atoms with Crippen molar-refractivity contribution in [1.29, 1.82) is 0 Å². The van der Waals surface area contributed by atoms with Gasteiger partial charge in [-0.3, -0.25) is 14.6 Å². The third-order valence-corrected chi connectivity index (χ3v) is 5.14. The van der Waals surface area contributed by atoms with Crippen molar-refractivity contribution < 1.29 is 4.79 Å². The molecule has 1 N–H and O–H groups in total. The van der Waals surface area contributed by atoms with Gasteiger partial charge in [-0.2, -0.15) is 0 Å². The summed E-state index contributed by atoms with van der Waals surface area (Å²) in [6.07, 6.45) is 4.60. The van der Waals surface area contributed by atoms with E-state index in [4.69, 9.17) is 11.6 Å². The average Bonchev–Trinajstić information content (AvgIpc) is 2.73. The van der Waals surface area contributed by atoms with E-state index in [1.807, 2.05) is 36.4 Å². The minimum atomic E-state index is -0.447. The molecule has 6 heteroatoms. The fourth-order valence-electron chi connectivity index (χ4n) is 3.14. The third-order valence-electron chi connectivity index (χ3n) is 4.44. The van der Waals surface area contributed by atoms with Gasteiger partial charge in [0.1, 0.15) is 0 Å². The molecule has 2 aromatic heterocycles. The smallest absolute Gasteiger partial charge is 0.260 e. The summed E-state index contributed by atoms with van der Waals surface area (Å²) in [7, 11) is 0. The maximum absolute atomic E-state index is 13.1. The summed E-state index contributed by atoms with van der Waals surface area (Å²) in [5.41, 5.74) is 2.18. The van der Waals surface area contributed by atoms with Gasteiger partial charge in [0.15, 0.2) is 5.78 Å². The number of allylic oxidation sites excluding steroid dienone is 1. The zero-order valence-corrected chi connectivity index (χ0v) is 17.4. The number of benzene rings is 2. The van der Waals surface area contributed by atoms with Crippen LogP contribution in [0.5, 0.6) is 0 Å². The first-order valence-corrected chi connectivity index (χ1v) is 9.95. The number of carbonyl (C=O) groups is 1. The molecule has 0 aliphatic heterocycles. The van der Waals surface area contributed by atoms with Crippen molar-refractivity contribution in [2.24, 2.45) is 0 Å². The van der Waals surface area contributed by atoms with Crippen LogP contribution in [-0.2, 0) is 0 Å². The van der Waals surface area contributed by atoms with Crippen LogP contribution in [0.3, 0.4) is 0 Å². The van der Waals surface area contributed by atoms with Crippen LogP contribution in [0.1, 0.15) is 16.1 Å². The van der Waals surface area contributed by atoms with Crippen LogP contribution in [0.25, 0.3) is 28.1 Å². The first-order valence-electron chi connectivity index (χ1n) is 8.78. The Hall–Kier alpha value is -3.02. The standard InChI is InChI=1S/C23H14BrClN2O2/c24-15-6-8-17(26-13-15)9-11-20(28)22-21(14-4-2-1-3-5-14)18-12-16(25)7-10-19(18)27-23(22)29/h1-13H,(H,27,29). The number of rotatable bonds is 4. The number of H-pyrrole nitrogens is 1. The van der Waals surface area contributed by atoms with Crippen molar-refractivity contribution in [2.45, 2.75) is 0 Å². The predicted octanol–water partition coefficient (Wildman–Crippen LogP) is 5.90. The number of nitrogens with one attached hydrogen (secondary N) is 1. The number of carbonyl (C=O) groups excluding carboxylic acids is 1. The second-order valence-corrected chi connectivity index (χ2v) is 7.71. The Balaban J connectivity index is 1.91. The van der Waals surface area contributed by atoms with Gasteiger partial charge in [0.25, 0.3) is 5.56 Å². The van der Waals surface area contributed by atoms with Gasteiger partial charge < -0.3 is 4.98 Å². The van der Waals surface area contributed by atoms with E-state index >= 15 is 0 Å². The Morgan fingerprint density at radius 2 is 1.86 bits per heavy atom. The third kappa shape index (κ3) is 4.06. The van der Waals surface area contributed by atoms with Gasteiger partial charge in [0, 0.05) is 32.2 Å². The fourth-order valence-corrected chi connectivity index (χ4v) is 3.54. The molecular weight excluding hydrogens is 452 g/mol. The monoisotopic (exact) mass is 464 g/mol. The lowest BCUT2D eigenvalue weighted by molar-refractivity contribution is 0.104. The lowest BCUT2D eigenvalue weighted by Gasteiger charge is -2.11. The Labute approximate surface area is 180 Å². The van der Waals surface area contributed by atoms with Gasteiger partial charge >= 0.3 is 0 Å². The van der Waals surface area contributed by atoms with Gasteiger partial charge in [-0.05, 0) is 64.0 Å². The molecule has 0 aliphatic rings. The highest BCUT2D eigenvalue weighted by Crippen LogP contribution is 2.31. The molecule has 4 nitrogen and oxygen atoms in total. The van der Waals surface area contributed by atoms with Crippen LogP contribution < -0.4 is 5.56 Å². The first-order chi connectivity index (χ1) is 14.0. The molecule has 0 saturated carbocycles. The van der Waals surface area contributed by atoms with Crippen molar-refractivity contribution in [3.05, 3.63) is 104 Å². The molecule has 0 bridgehead atoms. The number of nitrogens with zero attached hydrogens (tertiary/aromatic N) is 1. The second-order valence-electron chi connectivity index (χ2n) is 6.36. The lowest BCUT2D eigenvalue weighted by Crippen LogP contribution is -2.18. The van der Waals surface area contributed by atoms with Crippen molar-refractivity contribution in [3.63, 3.8) is 0 Å². The number of hydrogen-bond acceptors (Lipinski definition) is 3. The molecule has 2 heterocycles. The van der Waals surface area contributed by atoms with Crippen LogP contribution >= 0.6 is 27.5 Å². The number of ketones is 1. The summed E-state index contributed by atoms with van der Waals surface area (Å²) in [6.45, 7) is 0. The summed E-state index contributed by atoms with van der Waals surface area (Å²) in [5.74, 6) is -0.406. The van der Waals surface area contributed by atoms with Crippen LogP contribution in [0.2, 0.25) is 5.02 Å². The molecular formula is C23H14BrClN2O2. The Kier molecular flexibility index (Phi) is 5.43. The Morgan fingerprint density at radius 3 is 2.59 bits per heavy atom. The molecule has 4 rings (SSSR count). The highest BCUT2D eigenvalue weighted by atomic mass is 79.9. The van der Waals surface area contributed by atoms with E-state index in [0.717, 1.165) is 10.0 Å². The summed E-state index contributed by atoms with van der Waals surface area (Å²) in [5, 5.41) is 1.23. The number of fused-ring (bicyclic) bond motifs is 1. The van der Waals surface area contributed by atoms with E-state index in [0.29, 0.717) is 27.2 Å². The van der Waals surface area contributed by atoms with Crippen molar-refractivity contribution >= 4 is 50.3 Å². The van der Waals surface area contributed by atoms with Crippen molar-refractivity contribution in [2.75, 3.05) is 0 Å². The lowest BCUT2D eigenvalue weighted by atomic mass is 9.94. The molecule has 4 aromatic rings. The largest absolute Gasteiger partial charge is 0.321 e. The number of aromatic nitrogens is 2. The predicted molar refractivity (Wildman–Crippen MR) is 120 cm³/mol. The molecule has 2 aromatic carbocycles. The maximum Gasteiger partial charge on any atom is 0.260 e. The van der Waals surface area contributed by atoms with Crippen LogP contribution in [0.15, 0.2) is 82.2 Å². The maximum atomic E-state index is 13.1. The van der Waals surface area contributed by atoms with Crippen LogP contribution in [-0.4, -0.2) is 15.8 Å². The highest BCUT2D eigenvalue weighted by molar-refractivity contribution is 9.10. The van der Waals surface area contributed by atoms with E-state index < -0.39 is 11.3 Å². The number of halogens is 2. The minimum Gasteiger partial charge on any atom is -0.321 e. The minimum absolute atomic E-state index is 0.0688. The molecule has 0 amide bonds. The molecule has 0 unspecified atom stereocenters. The topological polar surface area (TPSA) is 62.8 Å². The van der Waals surface area contributed by atoms with Gasteiger partial charge in [-0.1, -0.05) is 41.9 Å². The summed E-state index contributed by atoms with van der Waals surface area (Å²) >= 11 is 9.53. The molecule has 0 fully saturated rings. The van der Waals surface area contributed by atoms with E-state index in [1.54, 1.807) is 36.5 Å².